The van der Waals surface area contributed by atoms with E-state index in [9.17, 15) is 0 Å². The standard InChI is InChI=1S/C14H20O2/c1-10(2)11-5-6-13(15-4)12(7-11)14(3)8-16-9-14/h5-7,10H,8-9H2,1-4H3. The second kappa shape index (κ2) is 4.10. The van der Waals surface area contributed by atoms with Crippen molar-refractivity contribution in [3.8, 4) is 5.75 Å². The summed E-state index contributed by atoms with van der Waals surface area (Å²) in [5.41, 5.74) is 2.78. The van der Waals surface area contributed by atoms with Crippen LogP contribution in [-0.2, 0) is 10.2 Å². The lowest BCUT2D eigenvalue weighted by atomic mass is 9.79. The molecule has 0 N–H and O–H groups in total. The fourth-order valence-electron chi connectivity index (χ4n) is 2.12. The van der Waals surface area contributed by atoms with Gasteiger partial charge in [0.25, 0.3) is 0 Å². The van der Waals surface area contributed by atoms with Crippen molar-refractivity contribution in [3.63, 3.8) is 0 Å². The van der Waals surface area contributed by atoms with Crippen molar-refractivity contribution in [2.75, 3.05) is 20.3 Å². The van der Waals surface area contributed by atoms with Gasteiger partial charge in [0.1, 0.15) is 5.75 Å². The first-order chi connectivity index (χ1) is 7.57. The Morgan fingerprint density at radius 1 is 1.31 bits per heavy atom. The van der Waals surface area contributed by atoms with E-state index in [1.807, 2.05) is 0 Å². The minimum absolute atomic E-state index is 0.135. The molecule has 2 nitrogen and oxygen atoms in total. The molecule has 1 fully saturated rings. The molecule has 1 heterocycles. The second-order valence-corrected chi connectivity index (χ2v) is 5.17. The van der Waals surface area contributed by atoms with Crippen molar-refractivity contribution < 1.29 is 9.47 Å². The molecule has 0 spiro atoms. The molecule has 0 amide bonds. The second-order valence-electron chi connectivity index (χ2n) is 5.17. The van der Waals surface area contributed by atoms with Crippen LogP contribution >= 0.6 is 0 Å². The maximum absolute atomic E-state index is 5.45. The van der Waals surface area contributed by atoms with Gasteiger partial charge in [-0.1, -0.05) is 32.9 Å². The predicted molar refractivity (Wildman–Crippen MR) is 65.3 cm³/mol. The zero-order valence-corrected chi connectivity index (χ0v) is 10.5. The van der Waals surface area contributed by atoms with Crippen molar-refractivity contribution in [1.82, 2.24) is 0 Å². The summed E-state index contributed by atoms with van der Waals surface area (Å²) >= 11 is 0. The van der Waals surface area contributed by atoms with E-state index in [0.717, 1.165) is 19.0 Å². The summed E-state index contributed by atoms with van der Waals surface area (Å²) in [6.07, 6.45) is 0. The van der Waals surface area contributed by atoms with Crippen LogP contribution in [-0.4, -0.2) is 20.3 Å². The molecule has 0 bridgehead atoms. The van der Waals surface area contributed by atoms with Crippen LogP contribution in [0.4, 0.5) is 0 Å². The highest BCUT2D eigenvalue weighted by Gasteiger charge is 2.37. The minimum atomic E-state index is 0.135. The molecule has 0 unspecified atom stereocenters. The van der Waals surface area contributed by atoms with Gasteiger partial charge in [-0.2, -0.15) is 0 Å². The molecule has 16 heavy (non-hydrogen) atoms. The molecule has 1 aromatic carbocycles. The largest absolute Gasteiger partial charge is 0.496 e. The molecule has 0 aliphatic carbocycles. The van der Waals surface area contributed by atoms with Crippen LogP contribution < -0.4 is 4.74 Å². The van der Waals surface area contributed by atoms with Gasteiger partial charge in [-0.15, -0.1) is 0 Å². The van der Waals surface area contributed by atoms with Crippen LogP contribution in [0.1, 0.15) is 37.8 Å². The summed E-state index contributed by atoms with van der Waals surface area (Å²) in [6.45, 7) is 8.25. The molecule has 0 saturated carbocycles. The fourth-order valence-corrected chi connectivity index (χ4v) is 2.12. The van der Waals surface area contributed by atoms with E-state index in [1.54, 1.807) is 7.11 Å². The molecule has 1 aliphatic heterocycles. The third kappa shape index (κ3) is 1.82. The van der Waals surface area contributed by atoms with E-state index in [2.05, 4.69) is 39.0 Å². The van der Waals surface area contributed by atoms with Gasteiger partial charge < -0.3 is 9.47 Å². The van der Waals surface area contributed by atoms with E-state index < -0.39 is 0 Å². The minimum Gasteiger partial charge on any atom is -0.496 e. The van der Waals surface area contributed by atoms with Crippen LogP contribution in [0.3, 0.4) is 0 Å². The number of hydrogen-bond donors (Lipinski definition) is 0. The molecule has 88 valence electrons. The van der Waals surface area contributed by atoms with Crippen molar-refractivity contribution in [1.29, 1.82) is 0 Å². The third-order valence-corrected chi connectivity index (χ3v) is 3.38. The van der Waals surface area contributed by atoms with Crippen LogP contribution in [0.5, 0.6) is 5.75 Å². The van der Waals surface area contributed by atoms with Crippen LogP contribution in [0, 0.1) is 0 Å². The van der Waals surface area contributed by atoms with Gasteiger partial charge in [0.2, 0.25) is 0 Å². The number of rotatable bonds is 3. The molecular weight excluding hydrogens is 200 g/mol. The Hall–Kier alpha value is -1.02. The fraction of sp³-hybridized carbons (Fsp3) is 0.571. The number of hydrogen-bond acceptors (Lipinski definition) is 2. The van der Waals surface area contributed by atoms with Gasteiger partial charge in [-0.25, -0.2) is 0 Å². The average Bonchev–Trinajstić information content (AvgIpc) is 2.25. The maximum Gasteiger partial charge on any atom is 0.122 e. The lowest BCUT2D eigenvalue weighted by Crippen LogP contribution is -2.44. The monoisotopic (exact) mass is 220 g/mol. The van der Waals surface area contributed by atoms with E-state index in [4.69, 9.17) is 9.47 Å². The quantitative estimate of drug-likeness (QED) is 0.779. The number of ether oxygens (including phenoxy) is 2. The molecule has 1 saturated heterocycles. The van der Waals surface area contributed by atoms with E-state index in [0.29, 0.717) is 5.92 Å². The lowest BCUT2D eigenvalue weighted by molar-refractivity contribution is -0.0509. The van der Waals surface area contributed by atoms with Crippen molar-refractivity contribution in [3.05, 3.63) is 29.3 Å². The molecular formula is C14H20O2. The van der Waals surface area contributed by atoms with Crippen molar-refractivity contribution in [2.24, 2.45) is 0 Å². The Morgan fingerprint density at radius 2 is 2.00 bits per heavy atom. The van der Waals surface area contributed by atoms with Gasteiger partial charge in [0, 0.05) is 11.0 Å². The van der Waals surface area contributed by atoms with Crippen molar-refractivity contribution in [2.45, 2.75) is 32.1 Å². The average molecular weight is 220 g/mol. The zero-order chi connectivity index (χ0) is 11.8. The van der Waals surface area contributed by atoms with Gasteiger partial charge in [0.15, 0.2) is 0 Å². The molecule has 0 radical (unpaired) electrons. The van der Waals surface area contributed by atoms with Gasteiger partial charge >= 0.3 is 0 Å². The topological polar surface area (TPSA) is 18.5 Å². The molecule has 0 atom stereocenters. The molecule has 2 rings (SSSR count). The summed E-state index contributed by atoms with van der Waals surface area (Å²) in [5.74, 6) is 1.53. The summed E-state index contributed by atoms with van der Waals surface area (Å²) in [5, 5.41) is 0. The highest BCUT2D eigenvalue weighted by Crippen LogP contribution is 2.38. The van der Waals surface area contributed by atoms with Gasteiger partial charge in [0.05, 0.1) is 20.3 Å². The first kappa shape index (κ1) is 11.5. The maximum atomic E-state index is 5.45. The normalized spacial score (nSPS) is 18.3. The summed E-state index contributed by atoms with van der Waals surface area (Å²) < 4.78 is 10.8. The Labute approximate surface area is 97.6 Å². The SMILES string of the molecule is COc1ccc(C(C)C)cc1C1(C)COC1. The number of methoxy groups -OCH3 is 1. The van der Waals surface area contributed by atoms with Crippen LogP contribution in [0.2, 0.25) is 0 Å². The lowest BCUT2D eigenvalue weighted by Gasteiger charge is -2.39. The van der Waals surface area contributed by atoms with E-state index >= 15 is 0 Å². The number of benzene rings is 1. The first-order valence-corrected chi connectivity index (χ1v) is 5.83. The van der Waals surface area contributed by atoms with Gasteiger partial charge in [-0.3, -0.25) is 0 Å². The molecule has 2 heteroatoms. The Morgan fingerprint density at radius 3 is 2.44 bits per heavy atom. The highest BCUT2D eigenvalue weighted by molar-refractivity contribution is 5.44. The smallest absolute Gasteiger partial charge is 0.122 e. The first-order valence-electron chi connectivity index (χ1n) is 5.83. The third-order valence-electron chi connectivity index (χ3n) is 3.38. The van der Waals surface area contributed by atoms with Crippen LogP contribution in [0.25, 0.3) is 0 Å². The summed E-state index contributed by atoms with van der Waals surface area (Å²) in [4.78, 5) is 0. The molecule has 0 aromatic heterocycles. The van der Waals surface area contributed by atoms with Gasteiger partial charge in [-0.05, 0) is 17.5 Å². The van der Waals surface area contributed by atoms with Crippen molar-refractivity contribution >= 4 is 0 Å². The van der Waals surface area contributed by atoms with E-state index in [1.165, 1.54) is 11.1 Å². The Bertz CT molecular complexity index is 378. The molecule has 1 aromatic rings. The highest BCUT2D eigenvalue weighted by atomic mass is 16.5. The van der Waals surface area contributed by atoms with Crippen LogP contribution in [0.15, 0.2) is 18.2 Å². The van der Waals surface area contributed by atoms with E-state index in [-0.39, 0.29) is 5.41 Å². The summed E-state index contributed by atoms with van der Waals surface area (Å²) in [6, 6.07) is 6.50. The Kier molecular flexibility index (Phi) is 2.94. The predicted octanol–water partition coefficient (Wildman–Crippen LogP) is 3.11. The zero-order valence-electron chi connectivity index (χ0n) is 10.5. The molecule has 1 aliphatic rings. The Balaban J connectivity index is 2.43. The summed E-state index contributed by atoms with van der Waals surface area (Å²) in [7, 11) is 1.73.